The van der Waals surface area contributed by atoms with Gasteiger partial charge in [0.15, 0.2) is 0 Å². The van der Waals surface area contributed by atoms with Crippen molar-refractivity contribution in [2.75, 3.05) is 17.9 Å². The Balaban J connectivity index is 2.35. The Labute approximate surface area is 118 Å². The molecule has 0 N–H and O–H groups in total. The SMILES string of the molecule is CSCC(C)Cn1c(CCCl)nc2ccccc21. The highest BCUT2D eigenvalue weighted by molar-refractivity contribution is 7.98. The Bertz CT molecular complexity index is 509. The van der Waals surface area contributed by atoms with Crippen LogP contribution in [0.25, 0.3) is 11.0 Å². The molecule has 1 heterocycles. The van der Waals surface area contributed by atoms with Crippen LogP contribution in [0.5, 0.6) is 0 Å². The van der Waals surface area contributed by atoms with Crippen LogP contribution in [0.3, 0.4) is 0 Å². The van der Waals surface area contributed by atoms with Crippen LogP contribution < -0.4 is 0 Å². The summed E-state index contributed by atoms with van der Waals surface area (Å²) < 4.78 is 2.33. The van der Waals surface area contributed by atoms with E-state index in [2.05, 4.69) is 40.9 Å². The van der Waals surface area contributed by atoms with Crippen LogP contribution in [0, 0.1) is 5.92 Å². The van der Waals surface area contributed by atoms with Gasteiger partial charge >= 0.3 is 0 Å². The van der Waals surface area contributed by atoms with Crippen molar-refractivity contribution < 1.29 is 0 Å². The van der Waals surface area contributed by atoms with Crippen LogP contribution in [-0.2, 0) is 13.0 Å². The third-order valence-corrected chi connectivity index (χ3v) is 4.09. The van der Waals surface area contributed by atoms with E-state index < -0.39 is 0 Å². The van der Waals surface area contributed by atoms with Crippen molar-refractivity contribution >= 4 is 34.4 Å². The van der Waals surface area contributed by atoms with Gasteiger partial charge in [-0.1, -0.05) is 19.1 Å². The lowest BCUT2D eigenvalue weighted by Gasteiger charge is -2.14. The van der Waals surface area contributed by atoms with E-state index in [1.807, 2.05) is 17.8 Å². The summed E-state index contributed by atoms with van der Waals surface area (Å²) in [5.74, 6) is 3.55. The van der Waals surface area contributed by atoms with E-state index in [4.69, 9.17) is 11.6 Å². The monoisotopic (exact) mass is 282 g/mol. The molecular weight excluding hydrogens is 264 g/mol. The smallest absolute Gasteiger partial charge is 0.111 e. The average molecular weight is 283 g/mol. The molecule has 0 fully saturated rings. The molecule has 2 aromatic rings. The van der Waals surface area contributed by atoms with E-state index in [-0.39, 0.29) is 0 Å². The Kier molecular flexibility index (Phi) is 4.95. The molecule has 2 rings (SSSR count). The molecule has 4 heteroatoms. The number of aromatic nitrogens is 2. The highest BCUT2D eigenvalue weighted by atomic mass is 35.5. The third-order valence-electron chi connectivity index (χ3n) is 3.00. The molecule has 1 aromatic heterocycles. The van der Waals surface area contributed by atoms with Crippen LogP contribution in [0.4, 0.5) is 0 Å². The normalized spacial score (nSPS) is 13.1. The molecule has 1 atom stereocenters. The molecule has 0 saturated carbocycles. The second-order valence-electron chi connectivity index (χ2n) is 4.63. The number of imidazole rings is 1. The van der Waals surface area contributed by atoms with Crippen LogP contribution in [0.15, 0.2) is 24.3 Å². The van der Waals surface area contributed by atoms with Crippen LogP contribution in [0.2, 0.25) is 0 Å². The minimum absolute atomic E-state index is 0.625. The number of benzene rings is 1. The van der Waals surface area contributed by atoms with Crippen molar-refractivity contribution in [2.24, 2.45) is 5.92 Å². The van der Waals surface area contributed by atoms with E-state index in [0.717, 1.165) is 24.3 Å². The summed E-state index contributed by atoms with van der Waals surface area (Å²) in [4.78, 5) is 4.69. The average Bonchev–Trinajstić information content (AvgIpc) is 2.69. The molecule has 0 bridgehead atoms. The van der Waals surface area contributed by atoms with Gasteiger partial charge in [0.25, 0.3) is 0 Å². The predicted octanol–water partition coefficient (Wildman–Crippen LogP) is 3.82. The highest BCUT2D eigenvalue weighted by Crippen LogP contribution is 2.19. The Hall–Kier alpha value is -0.670. The van der Waals surface area contributed by atoms with Gasteiger partial charge in [-0.15, -0.1) is 11.6 Å². The van der Waals surface area contributed by atoms with Crippen LogP contribution in [-0.4, -0.2) is 27.4 Å². The van der Waals surface area contributed by atoms with Gasteiger partial charge in [-0.05, 0) is 30.1 Å². The van der Waals surface area contributed by atoms with Gasteiger partial charge in [0.2, 0.25) is 0 Å². The summed E-state index contributed by atoms with van der Waals surface area (Å²) in [7, 11) is 0. The number of fused-ring (bicyclic) bond motifs is 1. The molecule has 1 unspecified atom stereocenters. The molecule has 0 aliphatic heterocycles. The van der Waals surface area contributed by atoms with Crippen LogP contribution in [0.1, 0.15) is 12.7 Å². The standard InChI is InChI=1S/C14H19ClN2S/c1-11(10-18-2)9-17-13-6-4-3-5-12(13)16-14(17)7-8-15/h3-6,11H,7-10H2,1-2H3. The zero-order chi connectivity index (χ0) is 13.0. The number of thioether (sulfide) groups is 1. The van der Waals surface area contributed by atoms with Gasteiger partial charge in [0.05, 0.1) is 11.0 Å². The maximum Gasteiger partial charge on any atom is 0.111 e. The largest absolute Gasteiger partial charge is 0.328 e. The first-order chi connectivity index (χ1) is 8.76. The van der Waals surface area contributed by atoms with E-state index in [0.29, 0.717) is 11.8 Å². The van der Waals surface area contributed by atoms with Gasteiger partial charge in [-0.25, -0.2) is 4.98 Å². The van der Waals surface area contributed by atoms with Crippen molar-refractivity contribution in [3.8, 4) is 0 Å². The lowest BCUT2D eigenvalue weighted by Crippen LogP contribution is -2.13. The summed E-state index contributed by atoms with van der Waals surface area (Å²) in [6, 6.07) is 8.33. The molecular formula is C14H19ClN2S. The van der Waals surface area contributed by atoms with Crippen LogP contribution >= 0.6 is 23.4 Å². The fourth-order valence-electron chi connectivity index (χ4n) is 2.25. The number of aryl methyl sites for hydroxylation is 1. The second-order valence-corrected chi connectivity index (χ2v) is 5.92. The first-order valence-corrected chi connectivity index (χ1v) is 8.18. The van der Waals surface area contributed by atoms with E-state index in [9.17, 15) is 0 Å². The highest BCUT2D eigenvalue weighted by Gasteiger charge is 2.12. The number of halogens is 1. The zero-order valence-electron chi connectivity index (χ0n) is 10.9. The summed E-state index contributed by atoms with van der Waals surface area (Å²) in [5.41, 5.74) is 2.31. The predicted molar refractivity (Wildman–Crippen MR) is 81.7 cm³/mol. The Morgan fingerprint density at radius 3 is 2.89 bits per heavy atom. The van der Waals surface area contributed by atoms with Crippen molar-refractivity contribution in [3.05, 3.63) is 30.1 Å². The number of hydrogen-bond acceptors (Lipinski definition) is 2. The molecule has 0 aliphatic carbocycles. The first-order valence-electron chi connectivity index (χ1n) is 6.25. The lowest BCUT2D eigenvalue weighted by atomic mass is 10.2. The number of rotatable bonds is 6. The molecule has 0 saturated heterocycles. The first kappa shape index (κ1) is 13.8. The van der Waals surface area contributed by atoms with E-state index in [1.54, 1.807) is 0 Å². The lowest BCUT2D eigenvalue weighted by molar-refractivity contribution is 0.526. The van der Waals surface area contributed by atoms with Gasteiger partial charge in [0, 0.05) is 18.8 Å². The summed E-state index contributed by atoms with van der Waals surface area (Å²) >= 11 is 7.77. The molecule has 18 heavy (non-hydrogen) atoms. The maximum absolute atomic E-state index is 5.88. The van der Waals surface area contributed by atoms with E-state index in [1.165, 1.54) is 11.3 Å². The topological polar surface area (TPSA) is 17.8 Å². The van der Waals surface area contributed by atoms with E-state index >= 15 is 0 Å². The van der Waals surface area contributed by atoms with Crippen molar-refractivity contribution in [1.29, 1.82) is 0 Å². The van der Waals surface area contributed by atoms with Gasteiger partial charge in [-0.3, -0.25) is 0 Å². The van der Waals surface area contributed by atoms with Crippen molar-refractivity contribution in [3.63, 3.8) is 0 Å². The molecule has 2 nitrogen and oxygen atoms in total. The number of hydrogen-bond donors (Lipinski definition) is 0. The van der Waals surface area contributed by atoms with Gasteiger partial charge in [0.1, 0.15) is 5.82 Å². The van der Waals surface area contributed by atoms with Crippen molar-refractivity contribution in [1.82, 2.24) is 9.55 Å². The third kappa shape index (κ3) is 3.01. The summed E-state index contributed by atoms with van der Waals surface area (Å²) in [5, 5.41) is 0. The number of para-hydroxylation sites is 2. The fourth-order valence-corrected chi connectivity index (χ4v) is 3.10. The summed E-state index contributed by atoms with van der Waals surface area (Å²) in [6.07, 6.45) is 2.99. The van der Waals surface area contributed by atoms with Gasteiger partial charge in [-0.2, -0.15) is 11.8 Å². The van der Waals surface area contributed by atoms with Gasteiger partial charge < -0.3 is 4.57 Å². The second kappa shape index (κ2) is 6.48. The molecule has 0 amide bonds. The quantitative estimate of drug-likeness (QED) is 0.750. The minimum atomic E-state index is 0.625. The Morgan fingerprint density at radius 2 is 2.17 bits per heavy atom. The number of nitrogens with zero attached hydrogens (tertiary/aromatic N) is 2. The molecule has 0 aliphatic rings. The van der Waals surface area contributed by atoms with Crippen molar-refractivity contribution in [2.45, 2.75) is 19.9 Å². The molecule has 0 radical (unpaired) electrons. The molecule has 0 spiro atoms. The zero-order valence-corrected chi connectivity index (χ0v) is 12.5. The maximum atomic E-state index is 5.88. The molecule has 1 aromatic carbocycles. The minimum Gasteiger partial charge on any atom is -0.328 e. The Morgan fingerprint density at radius 1 is 1.39 bits per heavy atom. The molecule has 98 valence electrons. The fraction of sp³-hybridized carbons (Fsp3) is 0.500. The summed E-state index contributed by atoms with van der Waals surface area (Å²) in [6.45, 7) is 3.31. The number of alkyl halides is 1.